The molecule has 0 fully saturated rings. The fraction of sp³-hybridized carbons (Fsp3) is 0.350. The van der Waals surface area contributed by atoms with Crippen molar-refractivity contribution in [3.8, 4) is 5.75 Å². The smallest absolute Gasteiger partial charge is 0.227 e. The number of nitrogens with zero attached hydrogens (tertiary/aromatic N) is 1. The van der Waals surface area contributed by atoms with Crippen LogP contribution in [0.4, 0.5) is 4.39 Å². The molecule has 138 valence electrons. The summed E-state index contributed by atoms with van der Waals surface area (Å²) in [6.45, 7) is 6.20. The van der Waals surface area contributed by atoms with Crippen LogP contribution in [0.3, 0.4) is 0 Å². The van der Waals surface area contributed by atoms with E-state index in [0.29, 0.717) is 18.1 Å². The van der Waals surface area contributed by atoms with Gasteiger partial charge in [-0.25, -0.2) is 4.39 Å². The third-order valence-corrected chi connectivity index (χ3v) is 5.84. The van der Waals surface area contributed by atoms with Crippen LogP contribution < -0.4 is 4.74 Å². The van der Waals surface area contributed by atoms with Crippen molar-refractivity contribution in [2.24, 2.45) is 0 Å². The van der Waals surface area contributed by atoms with Crippen molar-refractivity contribution in [3.63, 3.8) is 0 Å². The van der Waals surface area contributed by atoms with E-state index in [2.05, 4.69) is 18.7 Å². The lowest BCUT2D eigenvalue weighted by Gasteiger charge is -2.29. The predicted octanol–water partition coefficient (Wildman–Crippen LogP) is 5.29. The van der Waals surface area contributed by atoms with E-state index in [1.807, 2.05) is 30.3 Å². The molecular weight excluding hydrogens is 369 g/mol. The molecule has 26 heavy (non-hydrogen) atoms. The van der Waals surface area contributed by atoms with Gasteiger partial charge in [0.2, 0.25) is 6.29 Å². The molecule has 0 aliphatic carbocycles. The topological polar surface area (TPSA) is 21.7 Å². The zero-order valence-electron chi connectivity index (χ0n) is 14.9. The Bertz CT molecular complexity index is 766. The van der Waals surface area contributed by atoms with Crippen molar-refractivity contribution in [3.05, 3.63) is 65.0 Å². The Kier molecular flexibility index (Phi) is 6.51. The van der Waals surface area contributed by atoms with Gasteiger partial charge in [-0.1, -0.05) is 54.3 Å². The summed E-state index contributed by atoms with van der Waals surface area (Å²) in [6.07, 6.45) is -0.479. The van der Waals surface area contributed by atoms with Gasteiger partial charge in [0.1, 0.15) is 15.9 Å². The van der Waals surface area contributed by atoms with Crippen LogP contribution in [0, 0.1) is 5.82 Å². The maximum atomic E-state index is 14.0. The number of benzene rings is 2. The summed E-state index contributed by atoms with van der Waals surface area (Å²) in [5.74, 6) is 0.997. The molecule has 1 atom stereocenters. The summed E-state index contributed by atoms with van der Waals surface area (Å²) in [4.78, 5) is 2.11. The second-order valence-corrected chi connectivity index (χ2v) is 7.56. The van der Waals surface area contributed by atoms with Crippen LogP contribution in [0.2, 0.25) is 0 Å². The van der Waals surface area contributed by atoms with Crippen LogP contribution in [-0.2, 0) is 17.1 Å². The van der Waals surface area contributed by atoms with Gasteiger partial charge in [-0.05, 0) is 26.0 Å². The minimum atomic E-state index is -0.479. The molecule has 1 aliphatic rings. The number of thioether (sulfide) groups is 1. The molecule has 2 aromatic rings. The predicted molar refractivity (Wildman–Crippen MR) is 108 cm³/mol. The van der Waals surface area contributed by atoms with Gasteiger partial charge in [-0.15, -0.1) is 0 Å². The van der Waals surface area contributed by atoms with Crippen molar-refractivity contribution in [2.75, 3.05) is 13.1 Å². The molecule has 0 spiro atoms. The summed E-state index contributed by atoms with van der Waals surface area (Å²) in [7, 11) is 0. The van der Waals surface area contributed by atoms with Gasteiger partial charge in [0, 0.05) is 35.5 Å². The first kappa shape index (κ1) is 19.1. The molecule has 0 unspecified atom stereocenters. The number of rotatable bonds is 5. The molecule has 0 radical (unpaired) electrons. The van der Waals surface area contributed by atoms with E-state index in [1.165, 1.54) is 23.9 Å². The molecule has 3 rings (SSSR count). The fourth-order valence-corrected chi connectivity index (χ4v) is 4.24. The SMILES string of the molecule is CCN(CC)C(=S)SCc1cc(F)cc2c1O[C@H](c1ccccc1)OC2. The zero-order valence-corrected chi connectivity index (χ0v) is 16.5. The Balaban J connectivity index is 1.79. The molecule has 0 saturated carbocycles. The fourth-order valence-electron chi connectivity index (χ4n) is 2.87. The van der Waals surface area contributed by atoms with Gasteiger partial charge < -0.3 is 14.4 Å². The van der Waals surface area contributed by atoms with Crippen LogP contribution in [0.15, 0.2) is 42.5 Å². The first-order valence-corrected chi connectivity index (χ1v) is 10.1. The van der Waals surface area contributed by atoms with Crippen LogP contribution in [0.5, 0.6) is 5.75 Å². The maximum absolute atomic E-state index is 14.0. The van der Waals surface area contributed by atoms with Gasteiger partial charge in [0.15, 0.2) is 0 Å². The quantitative estimate of drug-likeness (QED) is 0.644. The van der Waals surface area contributed by atoms with Crippen molar-refractivity contribution < 1.29 is 13.9 Å². The highest BCUT2D eigenvalue weighted by Crippen LogP contribution is 2.38. The number of fused-ring (bicyclic) bond motifs is 1. The number of thiocarbonyl (C=S) groups is 1. The molecule has 1 heterocycles. The van der Waals surface area contributed by atoms with Crippen molar-refractivity contribution in [1.29, 1.82) is 0 Å². The van der Waals surface area contributed by atoms with Crippen molar-refractivity contribution in [1.82, 2.24) is 4.90 Å². The zero-order chi connectivity index (χ0) is 18.5. The maximum Gasteiger partial charge on any atom is 0.227 e. The van der Waals surface area contributed by atoms with Crippen LogP contribution in [0.1, 0.15) is 36.8 Å². The normalized spacial score (nSPS) is 15.9. The molecule has 1 aliphatic heterocycles. The molecule has 6 heteroatoms. The Morgan fingerprint density at radius 1 is 1.23 bits per heavy atom. The van der Waals surface area contributed by atoms with Gasteiger partial charge in [-0.2, -0.15) is 0 Å². The third kappa shape index (κ3) is 4.37. The van der Waals surface area contributed by atoms with E-state index < -0.39 is 6.29 Å². The highest BCUT2D eigenvalue weighted by Gasteiger charge is 2.25. The van der Waals surface area contributed by atoms with Crippen LogP contribution in [-0.4, -0.2) is 22.3 Å². The Morgan fingerprint density at radius 3 is 2.65 bits per heavy atom. The van der Waals surface area contributed by atoms with E-state index in [4.69, 9.17) is 21.7 Å². The second kappa shape index (κ2) is 8.84. The van der Waals surface area contributed by atoms with Gasteiger partial charge in [0.25, 0.3) is 0 Å². The summed E-state index contributed by atoms with van der Waals surface area (Å²) in [5, 5.41) is 0. The van der Waals surface area contributed by atoms with Crippen LogP contribution >= 0.6 is 24.0 Å². The van der Waals surface area contributed by atoms with Gasteiger partial charge in [0.05, 0.1) is 6.61 Å². The molecule has 0 saturated heterocycles. The molecule has 0 bridgehead atoms. The first-order chi connectivity index (χ1) is 12.6. The summed E-state index contributed by atoms with van der Waals surface area (Å²) < 4.78 is 26.7. The third-order valence-electron chi connectivity index (χ3n) is 4.27. The van der Waals surface area contributed by atoms with Crippen molar-refractivity contribution in [2.45, 2.75) is 32.5 Å². The standard InChI is InChI=1S/C20H22FNO2S2/c1-3-22(4-2)20(25)26-13-16-11-17(21)10-15-12-23-19(24-18(15)16)14-8-6-5-7-9-14/h5-11,19H,3-4,12-13H2,1-2H3/t19-/m1/s1. The molecule has 0 N–H and O–H groups in total. The molecule has 3 nitrogen and oxygen atoms in total. The summed E-state index contributed by atoms with van der Waals surface area (Å²) in [6, 6.07) is 12.8. The monoisotopic (exact) mass is 391 g/mol. The molecular formula is C20H22FNO2S2. The Labute approximate surface area is 163 Å². The molecule has 0 aromatic heterocycles. The molecule has 2 aromatic carbocycles. The molecule has 0 amide bonds. The van der Waals surface area contributed by atoms with Crippen molar-refractivity contribution >= 4 is 28.3 Å². The van der Waals surface area contributed by atoms with E-state index >= 15 is 0 Å². The van der Waals surface area contributed by atoms with E-state index in [0.717, 1.165) is 34.1 Å². The lowest BCUT2D eigenvalue weighted by molar-refractivity contribution is -0.112. The average Bonchev–Trinajstić information content (AvgIpc) is 2.67. The number of ether oxygens (including phenoxy) is 2. The lowest BCUT2D eigenvalue weighted by Crippen LogP contribution is -2.26. The number of hydrogen-bond acceptors (Lipinski definition) is 4. The minimum Gasteiger partial charge on any atom is -0.460 e. The summed E-state index contributed by atoms with van der Waals surface area (Å²) in [5.41, 5.74) is 2.49. The van der Waals surface area contributed by atoms with E-state index in [1.54, 1.807) is 0 Å². The number of hydrogen-bond donors (Lipinski definition) is 0. The van der Waals surface area contributed by atoms with Gasteiger partial charge >= 0.3 is 0 Å². The summed E-state index contributed by atoms with van der Waals surface area (Å²) >= 11 is 7.03. The largest absolute Gasteiger partial charge is 0.460 e. The van der Waals surface area contributed by atoms with Gasteiger partial charge in [-0.3, -0.25) is 0 Å². The van der Waals surface area contributed by atoms with E-state index in [-0.39, 0.29) is 5.82 Å². The second-order valence-electron chi connectivity index (χ2n) is 5.95. The van der Waals surface area contributed by atoms with E-state index in [9.17, 15) is 4.39 Å². The first-order valence-electron chi connectivity index (χ1n) is 8.68. The highest BCUT2D eigenvalue weighted by atomic mass is 32.2. The number of halogens is 1. The minimum absolute atomic E-state index is 0.279. The Morgan fingerprint density at radius 2 is 1.96 bits per heavy atom. The Hall–Kier alpha value is -1.63. The van der Waals surface area contributed by atoms with Crippen LogP contribution in [0.25, 0.3) is 0 Å². The average molecular weight is 392 g/mol. The highest BCUT2D eigenvalue weighted by molar-refractivity contribution is 8.22. The lowest BCUT2D eigenvalue weighted by atomic mass is 10.1.